The summed E-state index contributed by atoms with van der Waals surface area (Å²) in [6, 6.07) is 32.0. The maximum Gasteiger partial charge on any atom is 0.164 e. The summed E-state index contributed by atoms with van der Waals surface area (Å²) in [6.07, 6.45) is 13.9. The van der Waals surface area contributed by atoms with Crippen molar-refractivity contribution in [3.05, 3.63) is 132 Å². The fourth-order valence-corrected chi connectivity index (χ4v) is 6.24. The van der Waals surface area contributed by atoms with E-state index in [0.29, 0.717) is 23.4 Å². The smallest absolute Gasteiger partial charge is 0.164 e. The summed E-state index contributed by atoms with van der Waals surface area (Å²) in [5, 5.41) is 1.13. The molecule has 6 aromatic rings. The Bertz CT molecular complexity index is 2070. The van der Waals surface area contributed by atoms with E-state index in [0.717, 1.165) is 58.0 Å². The molecule has 206 valence electrons. The summed E-state index contributed by atoms with van der Waals surface area (Å²) >= 11 is 0. The Morgan fingerprint density at radius 1 is 0.628 bits per heavy atom. The van der Waals surface area contributed by atoms with E-state index in [-0.39, 0.29) is 0 Å². The van der Waals surface area contributed by atoms with E-state index in [1.54, 1.807) is 0 Å². The van der Waals surface area contributed by atoms with Gasteiger partial charge in [-0.2, -0.15) is 0 Å². The molecule has 2 aliphatic carbocycles. The molecule has 8 rings (SSSR count). The number of hydrogen-bond acceptors (Lipinski definition) is 4. The van der Waals surface area contributed by atoms with Gasteiger partial charge in [0.05, 0.1) is 5.52 Å². The summed E-state index contributed by atoms with van der Waals surface area (Å²) in [7, 11) is 0. The number of aromatic nitrogens is 4. The highest BCUT2D eigenvalue weighted by Crippen LogP contribution is 2.32. The van der Waals surface area contributed by atoms with E-state index in [1.165, 1.54) is 22.3 Å². The van der Waals surface area contributed by atoms with Crippen molar-refractivity contribution in [2.24, 2.45) is 5.92 Å². The van der Waals surface area contributed by atoms with Crippen molar-refractivity contribution in [1.29, 1.82) is 0 Å². The van der Waals surface area contributed by atoms with Crippen LogP contribution in [0.4, 0.5) is 0 Å². The Kier molecular flexibility index (Phi) is 6.26. The normalized spacial score (nSPS) is 15.3. The number of rotatable bonds is 4. The number of nitrogens with zero attached hydrogens (tertiary/aromatic N) is 4. The van der Waals surface area contributed by atoms with Gasteiger partial charge in [0.1, 0.15) is 0 Å². The molecule has 1 atom stereocenters. The van der Waals surface area contributed by atoms with Gasteiger partial charge in [0.2, 0.25) is 0 Å². The highest BCUT2D eigenvalue weighted by atomic mass is 15.0. The van der Waals surface area contributed by atoms with Gasteiger partial charge in [-0.05, 0) is 71.2 Å². The molecule has 0 saturated heterocycles. The van der Waals surface area contributed by atoms with Gasteiger partial charge in [0.15, 0.2) is 17.5 Å². The minimum atomic E-state index is 0.521. The van der Waals surface area contributed by atoms with Crippen molar-refractivity contribution in [1.82, 2.24) is 19.9 Å². The molecule has 4 heteroatoms. The summed E-state index contributed by atoms with van der Waals surface area (Å²) in [5.74, 6) is 2.59. The predicted molar refractivity (Wildman–Crippen MR) is 176 cm³/mol. The lowest BCUT2D eigenvalue weighted by Crippen LogP contribution is -2.05. The second-order valence-electron chi connectivity index (χ2n) is 11.6. The van der Waals surface area contributed by atoms with Crippen LogP contribution in [0.2, 0.25) is 0 Å². The SMILES string of the molecule is CC1C=Cc2ccc(-c3nc(-c4ccc(-c5cccc6cccnc56)cc4)nc(-c4ccc5c(c4)CCC=C5)n3)cc2C1. The van der Waals surface area contributed by atoms with Crippen molar-refractivity contribution in [2.45, 2.75) is 26.2 Å². The van der Waals surface area contributed by atoms with Gasteiger partial charge in [-0.3, -0.25) is 4.98 Å². The Labute approximate surface area is 251 Å². The monoisotopic (exact) mass is 554 g/mol. The molecule has 0 N–H and O–H groups in total. The van der Waals surface area contributed by atoms with E-state index in [2.05, 4.69) is 121 Å². The quantitative estimate of drug-likeness (QED) is 0.218. The molecule has 0 saturated carbocycles. The molecule has 0 spiro atoms. The van der Waals surface area contributed by atoms with E-state index in [9.17, 15) is 0 Å². The van der Waals surface area contributed by atoms with Crippen LogP contribution in [0.1, 0.15) is 35.6 Å². The number of hydrogen-bond donors (Lipinski definition) is 0. The van der Waals surface area contributed by atoms with Crippen molar-refractivity contribution in [3.8, 4) is 45.3 Å². The average molecular weight is 555 g/mol. The van der Waals surface area contributed by atoms with Crippen LogP contribution in [0, 0.1) is 5.92 Å². The van der Waals surface area contributed by atoms with Gasteiger partial charge >= 0.3 is 0 Å². The highest BCUT2D eigenvalue weighted by Gasteiger charge is 2.17. The number of fused-ring (bicyclic) bond motifs is 3. The van der Waals surface area contributed by atoms with Gasteiger partial charge in [-0.1, -0.05) is 104 Å². The largest absolute Gasteiger partial charge is 0.256 e. The van der Waals surface area contributed by atoms with Crippen molar-refractivity contribution >= 4 is 23.1 Å². The summed E-state index contributed by atoms with van der Waals surface area (Å²) < 4.78 is 0. The Hall–Kier alpha value is -5.22. The Morgan fingerprint density at radius 3 is 2.07 bits per heavy atom. The van der Waals surface area contributed by atoms with Gasteiger partial charge < -0.3 is 0 Å². The highest BCUT2D eigenvalue weighted by molar-refractivity contribution is 5.93. The van der Waals surface area contributed by atoms with Crippen LogP contribution in [0.5, 0.6) is 0 Å². The van der Waals surface area contributed by atoms with Crippen LogP contribution in [0.15, 0.2) is 109 Å². The van der Waals surface area contributed by atoms with Crippen molar-refractivity contribution in [2.75, 3.05) is 0 Å². The molecular formula is C39H30N4. The molecule has 0 bridgehead atoms. The van der Waals surface area contributed by atoms with E-state index in [4.69, 9.17) is 15.0 Å². The number of allylic oxidation sites excluding steroid dienone is 2. The standard InChI is InChI=1S/C39H30N4/c1-25-11-12-27-14-20-33(24-34(27)22-25)39-42-37(41-38(43-39)32-19-13-26-6-2-3-7-31(26)23-32)30-17-15-28(16-18-30)35-10-4-8-29-9-5-21-40-36(29)35/h2,4-6,8-21,23-25H,3,7,22H2,1H3. The summed E-state index contributed by atoms with van der Waals surface area (Å²) in [6.45, 7) is 2.26. The molecule has 4 aromatic carbocycles. The first-order valence-corrected chi connectivity index (χ1v) is 15.0. The van der Waals surface area contributed by atoms with Gasteiger partial charge in [0.25, 0.3) is 0 Å². The molecule has 2 heterocycles. The maximum absolute atomic E-state index is 5.05. The fourth-order valence-electron chi connectivity index (χ4n) is 6.24. The second kappa shape index (κ2) is 10.6. The van der Waals surface area contributed by atoms with E-state index in [1.807, 2.05) is 12.3 Å². The first-order chi connectivity index (χ1) is 21.2. The number of para-hydroxylation sites is 1. The number of pyridine rings is 1. The lowest BCUT2D eigenvalue weighted by atomic mass is 9.89. The molecule has 0 aliphatic heterocycles. The van der Waals surface area contributed by atoms with Crippen LogP contribution >= 0.6 is 0 Å². The Balaban J connectivity index is 1.24. The summed E-state index contributed by atoms with van der Waals surface area (Å²) in [4.78, 5) is 19.8. The van der Waals surface area contributed by atoms with Crippen LogP contribution < -0.4 is 0 Å². The number of aryl methyl sites for hydroxylation is 1. The van der Waals surface area contributed by atoms with Crippen molar-refractivity contribution < 1.29 is 0 Å². The molecule has 2 aromatic heterocycles. The zero-order chi connectivity index (χ0) is 28.8. The lowest BCUT2D eigenvalue weighted by molar-refractivity contribution is 0.717. The molecule has 0 amide bonds. The van der Waals surface area contributed by atoms with Crippen LogP contribution in [0.25, 0.3) is 68.3 Å². The van der Waals surface area contributed by atoms with E-state index >= 15 is 0 Å². The predicted octanol–water partition coefficient (Wildman–Crippen LogP) is 9.25. The van der Waals surface area contributed by atoms with Gasteiger partial charge in [-0.25, -0.2) is 15.0 Å². The zero-order valence-electron chi connectivity index (χ0n) is 24.0. The van der Waals surface area contributed by atoms with Gasteiger partial charge in [-0.15, -0.1) is 0 Å². The molecule has 2 aliphatic rings. The third kappa shape index (κ3) is 4.85. The number of benzene rings is 4. The first-order valence-electron chi connectivity index (χ1n) is 15.0. The minimum Gasteiger partial charge on any atom is -0.256 e. The van der Waals surface area contributed by atoms with Crippen molar-refractivity contribution in [3.63, 3.8) is 0 Å². The first kappa shape index (κ1) is 25.5. The maximum atomic E-state index is 5.05. The average Bonchev–Trinajstić information content (AvgIpc) is 3.07. The zero-order valence-corrected chi connectivity index (χ0v) is 24.0. The Morgan fingerprint density at radius 2 is 1.28 bits per heavy atom. The van der Waals surface area contributed by atoms with E-state index < -0.39 is 0 Å². The lowest BCUT2D eigenvalue weighted by Gasteiger charge is -2.17. The molecular weight excluding hydrogens is 524 g/mol. The molecule has 43 heavy (non-hydrogen) atoms. The van der Waals surface area contributed by atoms with Crippen LogP contribution in [-0.2, 0) is 12.8 Å². The second-order valence-corrected chi connectivity index (χ2v) is 11.6. The fraction of sp³-hybridized carbons (Fsp3) is 0.128. The van der Waals surface area contributed by atoms with Crippen LogP contribution in [-0.4, -0.2) is 19.9 Å². The molecule has 0 fully saturated rings. The molecule has 1 unspecified atom stereocenters. The minimum absolute atomic E-state index is 0.521. The van der Waals surface area contributed by atoms with Gasteiger partial charge in [0, 0.05) is 33.8 Å². The third-order valence-electron chi connectivity index (χ3n) is 8.55. The molecule has 0 radical (unpaired) electrons. The van der Waals surface area contributed by atoms with Crippen LogP contribution in [0.3, 0.4) is 0 Å². The molecule has 4 nitrogen and oxygen atoms in total. The third-order valence-corrected chi connectivity index (χ3v) is 8.55. The topological polar surface area (TPSA) is 51.6 Å². The summed E-state index contributed by atoms with van der Waals surface area (Å²) in [5.41, 5.74) is 11.5.